The Balaban J connectivity index is 1.95. The molecule has 0 atom stereocenters. The number of hydrogen-bond acceptors (Lipinski definition) is 2. The van der Waals surface area contributed by atoms with Gasteiger partial charge >= 0.3 is 0 Å². The van der Waals surface area contributed by atoms with Gasteiger partial charge in [0, 0.05) is 6.54 Å². The first-order valence-corrected chi connectivity index (χ1v) is 5.35. The number of thiocarbonyl (C=S) groups is 1. The van der Waals surface area contributed by atoms with Crippen molar-refractivity contribution in [3.05, 3.63) is 0 Å². The van der Waals surface area contributed by atoms with Gasteiger partial charge in [0.05, 0.1) is 12.7 Å². The van der Waals surface area contributed by atoms with Crippen molar-refractivity contribution in [2.75, 3.05) is 13.2 Å². The molecule has 0 unspecified atom stereocenters. The second kappa shape index (κ2) is 6.16. The van der Waals surface area contributed by atoms with Gasteiger partial charge in [0.1, 0.15) is 0 Å². The van der Waals surface area contributed by atoms with Crippen LogP contribution in [0.15, 0.2) is 0 Å². The molecule has 0 spiro atoms. The van der Waals surface area contributed by atoms with Crippen LogP contribution in [-0.4, -0.2) is 24.4 Å². The molecule has 0 amide bonds. The number of hydrogen-bond donors (Lipinski definition) is 2. The molecular weight excluding hydrogens is 184 g/mol. The van der Waals surface area contributed by atoms with Crippen LogP contribution >= 0.6 is 12.2 Å². The van der Waals surface area contributed by atoms with Gasteiger partial charge in [0.15, 0.2) is 5.11 Å². The summed E-state index contributed by atoms with van der Waals surface area (Å²) in [5.74, 6) is 0. The summed E-state index contributed by atoms with van der Waals surface area (Å²) in [6.07, 6.45) is 6.90. The van der Waals surface area contributed by atoms with Crippen molar-refractivity contribution in [2.45, 2.75) is 38.2 Å². The van der Waals surface area contributed by atoms with Gasteiger partial charge in [-0.2, -0.15) is 0 Å². The van der Waals surface area contributed by atoms with E-state index in [2.05, 4.69) is 17.5 Å². The molecule has 3 nitrogen and oxygen atoms in total. The number of ether oxygens (including phenoxy) is 1. The van der Waals surface area contributed by atoms with Crippen molar-refractivity contribution in [2.24, 2.45) is 5.73 Å². The van der Waals surface area contributed by atoms with Crippen LogP contribution in [0.5, 0.6) is 0 Å². The molecule has 0 aromatic carbocycles. The Morgan fingerprint density at radius 1 is 1.38 bits per heavy atom. The van der Waals surface area contributed by atoms with E-state index < -0.39 is 0 Å². The fraction of sp³-hybridized carbons (Fsp3) is 0.889. The molecule has 1 fully saturated rings. The fourth-order valence-electron chi connectivity index (χ4n) is 1.63. The molecule has 0 radical (unpaired) electrons. The lowest BCUT2D eigenvalue weighted by Crippen LogP contribution is -2.33. The summed E-state index contributed by atoms with van der Waals surface area (Å²) in [7, 11) is 0. The van der Waals surface area contributed by atoms with Gasteiger partial charge in [-0.05, 0) is 25.1 Å². The van der Waals surface area contributed by atoms with Crippen LogP contribution < -0.4 is 11.1 Å². The molecule has 1 aliphatic rings. The Labute approximate surface area is 85.0 Å². The van der Waals surface area contributed by atoms with E-state index in [0.29, 0.717) is 17.8 Å². The highest BCUT2D eigenvalue weighted by atomic mass is 32.1. The van der Waals surface area contributed by atoms with Crippen LogP contribution in [0.2, 0.25) is 0 Å². The van der Waals surface area contributed by atoms with Crippen molar-refractivity contribution < 1.29 is 4.74 Å². The van der Waals surface area contributed by atoms with E-state index in [1.54, 1.807) is 0 Å². The summed E-state index contributed by atoms with van der Waals surface area (Å²) in [6.45, 7) is 1.44. The Hall–Kier alpha value is -0.350. The molecule has 0 bridgehead atoms. The summed E-state index contributed by atoms with van der Waals surface area (Å²) in [6, 6.07) is 0. The minimum absolute atomic E-state index is 0.354. The molecule has 1 saturated carbocycles. The van der Waals surface area contributed by atoms with E-state index in [1.165, 1.54) is 32.1 Å². The second-order valence-corrected chi connectivity index (χ2v) is 3.86. The zero-order valence-corrected chi connectivity index (χ0v) is 8.74. The van der Waals surface area contributed by atoms with E-state index in [4.69, 9.17) is 10.5 Å². The quantitative estimate of drug-likeness (QED) is 0.530. The number of rotatable bonds is 4. The lowest BCUT2D eigenvalue weighted by atomic mass is 9.98. The Morgan fingerprint density at radius 2 is 2.08 bits per heavy atom. The van der Waals surface area contributed by atoms with E-state index in [9.17, 15) is 0 Å². The lowest BCUT2D eigenvalue weighted by molar-refractivity contribution is 0.0318. The maximum absolute atomic E-state index is 5.66. The third kappa shape index (κ3) is 5.05. The number of nitrogens with one attached hydrogen (secondary N) is 1. The minimum atomic E-state index is 0.354. The minimum Gasteiger partial charge on any atom is -0.376 e. The van der Waals surface area contributed by atoms with E-state index in [-0.39, 0.29) is 0 Å². The van der Waals surface area contributed by atoms with Crippen LogP contribution in [0.3, 0.4) is 0 Å². The summed E-state index contributed by atoms with van der Waals surface area (Å²) >= 11 is 4.68. The Morgan fingerprint density at radius 3 is 2.69 bits per heavy atom. The molecule has 76 valence electrons. The van der Waals surface area contributed by atoms with Crippen LogP contribution in [-0.2, 0) is 4.74 Å². The van der Waals surface area contributed by atoms with E-state index in [0.717, 1.165) is 6.54 Å². The van der Waals surface area contributed by atoms with Crippen LogP contribution in [0.25, 0.3) is 0 Å². The standard InChI is InChI=1S/C9H18N2OS/c10-9(13)11-6-7-12-8-4-2-1-3-5-8/h8H,1-7H2,(H3,10,11,13). The molecule has 0 aliphatic heterocycles. The van der Waals surface area contributed by atoms with Crippen molar-refractivity contribution in [3.63, 3.8) is 0 Å². The molecule has 0 aromatic rings. The van der Waals surface area contributed by atoms with Crippen molar-refractivity contribution in [1.82, 2.24) is 5.32 Å². The Bertz CT molecular complexity index is 158. The van der Waals surface area contributed by atoms with Gasteiger partial charge in [-0.3, -0.25) is 0 Å². The third-order valence-corrected chi connectivity index (χ3v) is 2.45. The maximum Gasteiger partial charge on any atom is 0.163 e. The maximum atomic E-state index is 5.66. The predicted molar refractivity (Wildman–Crippen MR) is 57.6 cm³/mol. The summed E-state index contributed by atoms with van der Waals surface area (Å²) < 4.78 is 5.66. The Kier molecular flexibility index (Phi) is 5.08. The molecule has 0 heterocycles. The first kappa shape index (κ1) is 10.7. The number of nitrogens with two attached hydrogens (primary N) is 1. The summed E-state index contributed by atoms with van der Waals surface area (Å²) in [5, 5.41) is 3.22. The molecule has 13 heavy (non-hydrogen) atoms. The van der Waals surface area contributed by atoms with Gasteiger partial charge < -0.3 is 15.8 Å². The molecule has 4 heteroatoms. The van der Waals surface area contributed by atoms with Crippen LogP contribution in [0.1, 0.15) is 32.1 Å². The van der Waals surface area contributed by atoms with Crippen molar-refractivity contribution in [3.8, 4) is 0 Å². The van der Waals surface area contributed by atoms with Crippen LogP contribution in [0, 0.1) is 0 Å². The van der Waals surface area contributed by atoms with Gasteiger partial charge in [-0.15, -0.1) is 0 Å². The van der Waals surface area contributed by atoms with Crippen LogP contribution in [0.4, 0.5) is 0 Å². The molecule has 1 rings (SSSR count). The molecule has 3 N–H and O–H groups in total. The largest absolute Gasteiger partial charge is 0.376 e. The summed E-state index contributed by atoms with van der Waals surface area (Å²) in [5.41, 5.74) is 5.28. The highest BCUT2D eigenvalue weighted by Crippen LogP contribution is 2.19. The van der Waals surface area contributed by atoms with Gasteiger partial charge in [0.25, 0.3) is 0 Å². The average Bonchev–Trinajstić information content (AvgIpc) is 2.14. The van der Waals surface area contributed by atoms with E-state index in [1.807, 2.05) is 0 Å². The summed E-state index contributed by atoms with van der Waals surface area (Å²) in [4.78, 5) is 0. The first-order chi connectivity index (χ1) is 6.29. The zero-order chi connectivity index (χ0) is 9.52. The monoisotopic (exact) mass is 202 g/mol. The smallest absolute Gasteiger partial charge is 0.163 e. The second-order valence-electron chi connectivity index (χ2n) is 3.42. The van der Waals surface area contributed by atoms with Gasteiger partial charge in [0.2, 0.25) is 0 Å². The zero-order valence-electron chi connectivity index (χ0n) is 7.92. The molecule has 0 saturated heterocycles. The third-order valence-electron chi connectivity index (χ3n) is 2.31. The highest BCUT2D eigenvalue weighted by molar-refractivity contribution is 7.80. The molecule has 1 aliphatic carbocycles. The predicted octanol–water partition coefficient (Wildman–Crippen LogP) is 1.17. The first-order valence-electron chi connectivity index (χ1n) is 4.94. The topological polar surface area (TPSA) is 47.3 Å². The fourth-order valence-corrected chi connectivity index (χ4v) is 1.73. The normalized spacial score (nSPS) is 18.5. The van der Waals surface area contributed by atoms with Gasteiger partial charge in [-0.25, -0.2) is 0 Å². The van der Waals surface area contributed by atoms with E-state index >= 15 is 0 Å². The lowest BCUT2D eigenvalue weighted by Gasteiger charge is -2.21. The molecular formula is C9H18N2OS. The van der Waals surface area contributed by atoms with Gasteiger partial charge in [-0.1, -0.05) is 19.3 Å². The van der Waals surface area contributed by atoms with Crippen molar-refractivity contribution >= 4 is 17.3 Å². The highest BCUT2D eigenvalue weighted by Gasteiger charge is 2.12. The van der Waals surface area contributed by atoms with Crippen molar-refractivity contribution in [1.29, 1.82) is 0 Å². The average molecular weight is 202 g/mol. The SMILES string of the molecule is NC(=S)NCCOC1CCCCC1. The molecule has 0 aromatic heterocycles.